The molecule has 0 atom stereocenters. The van der Waals surface area contributed by atoms with E-state index in [1.807, 2.05) is 35.0 Å². The van der Waals surface area contributed by atoms with Crippen molar-refractivity contribution in [3.63, 3.8) is 0 Å². The van der Waals surface area contributed by atoms with Crippen molar-refractivity contribution in [2.75, 3.05) is 14.2 Å². The van der Waals surface area contributed by atoms with E-state index in [1.54, 1.807) is 44.6 Å². The molecule has 0 unspecified atom stereocenters. The van der Waals surface area contributed by atoms with Crippen LogP contribution in [0.15, 0.2) is 71.4 Å². The number of carbonyl (C=O) groups is 1. The number of rotatable bonds is 9. The van der Waals surface area contributed by atoms with Crippen molar-refractivity contribution in [2.24, 2.45) is 0 Å². The molecule has 0 fully saturated rings. The van der Waals surface area contributed by atoms with Crippen LogP contribution in [-0.2, 0) is 11.3 Å². The van der Waals surface area contributed by atoms with Crippen molar-refractivity contribution in [1.82, 2.24) is 19.7 Å². The van der Waals surface area contributed by atoms with Gasteiger partial charge in [-0.25, -0.2) is 9.78 Å². The highest BCUT2D eigenvalue weighted by Crippen LogP contribution is 2.32. The number of fused-ring (bicyclic) bond motifs is 1. The van der Waals surface area contributed by atoms with E-state index in [0.29, 0.717) is 29.4 Å². The highest BCUT2D eigenvalue weighted by molar-refractivity contribution is 8.04. The first-order chi connectivity index (χ1) is 16.0. The number of hydrogen-bond acceptors (Lipinski definition) is 6. The van der Waals surface area contributed by atoms with E-state index in [9.17, 15) is 9.90 Å². The summed E-state index contributed by atoms with van der Waals surface area (Å²) in [6.45, 7) is 4.42. The summed E-state index contributed by atoms with van der Waals surface area (Å²) in [6, 6.07) is 13.2. The van der Waals surface area contributed by atoms with Crippen molar-refractivity contribution in [1.29, 1.82) is 0 Å². The topological polar surface area (TPSA) is 102 Å². The smallest absolute Gasteiger partial charge is 0.342 e. The standard InChI is InChI=1S/C24H22N4O4S/c1-4-9-28-14-16(19-7-5-6-8-20(19)28)12-21(23(29)30)33-24-25-22(26-27-24)15-10-17(31-2)13-18(11-15)32-3/h4-8,10-14H,1,9H2,2-3H3,(H,29,30)(H,25,26,27)/b21-12-. The second kappa shape index (κ2) is 9.66. The van der Waals surface area contributed by atoms with Gasteiger partial charge in [0, 0.05) is 40.8 Å². The zero-order valence-corrected chi connectivity index (χ0v) is 18.9. The molecule has 2 N–H and O–H groups in total. The van der Waals surface area contributed by atoms with E-state index in [4.69, 9.17) is 9.47 Å². The molecule has 0 radical (unpaired) electrons. The van der Waals surface area contributed by atoms with E-state index in [0.717, 1.165) is 28.2 Å². The average Bonchev–Trinajstić information content (AvgIpc) is 3.44. The third kappa shape index (κ3) is 4.78. The normalized spacial score (nSPS) is 11.5. The highest BCUT2D eigenvalue weighted by Gasteiger charge is 2.17. The first kappa shape index (κ1) is 22.2. The van der Waals surface area contributed by atoms with Crippen molar-refractivity contribution in [3.8, 4) is 22.9 Å². The molecule has 0 spiro atoms. The van der Waals surface area contributed by atoms with E-state index in [1.165, 1.54) is 0 Å². The molecule has 0 aliphatic heterocycles. The molecule has 168 valence electrons. The third-order valence-electron chi connectivity index (χ3n) is 4.93. The third-order valence-corrected chi connectivity index (χ3v) is 5.81. The van der Waals surface area contributed by atoms with E-state index >= 15 is 0 Å². The average molecular weight is 463 g/mol. The van der Waals surface area contributed by atoms with Gasteiger partial charge in [-0.05, 0) is 36.0 Å². The lowest BCUT2D eigenvalue weighted by Crippen LogP contribution is -1.97. The van der Waals surface area contributed by atoms with Gasteiger partial charge >= 0.3 is 5.97 Å². The molecule has 0 saturated heterocycles. The number of para-hydroxylation sites is 1. The first-order valence-corrected chi connectivity index (χ1v) is 10.8. The van der Waals surface area contributed by atoms with Crippen molar-refractivity contribution in [2.45, 2.75) is 11.7 Å². The molecule has 33 heavy (non-hydrogen) atoms. The number of hydrogen-bond donors (Lipinski definition) is 2. The molecule has 2 aromatic carbocycles. The zero-order valence-electron chi connectivity index (χ0n) is 18.1. The molecule has 2 heterocycles. The predicted octanol–water partition coefficient (Wildman–Crippen LogP) is 4.85. The molecule has 4 aromatic rings. The van der Waals surface area contributed by atoms with Gasteiger partial charge in [0.05, 0.1) is 14.2 Å². The lowest BCUT2D eigenvalue weighted by atomic mass is 10.1. The number of thioether (sulfide) groups is 1. The largest absolute Gasteiger partial charge is 0.497 e. The van der Waals surface area contributed by atoms with Crippen LogP contribution in [0.2, 0.25) is 0 Å². The van der Waals surface area contributed by atoms with Crippen molar-refractivity contribution < 1.29 is 19.4 Å². The maximum absolute atomic E-state index is 12.0. The number of aromatic nitrogens is 4. The number of nitrogens with zero attached hydrogens (tertiary/aromatic N) is 3. The molecule has 8 nitrogen and oxygen atoms in total. The lowest BCUT2D eigenvalue weighted by molar-refractivity contribution is -0.131. The van der Waals surface area contributed by atoms with E-state index in [2.05, 4.69) is 21.8 Å². The summed E-state index contributed by atoms with van der Waals surface area (Å²) in [7, 11) is 3.13. The second-order valence-corrected chi connectivity index (χ2v) is 8.04. The Hall–Kier alpha value is -3.98. The minimum atomic E-state index is -1.06. The first-order valence-electron chi connectivity index (χ1n) is 10.00. The van der Waals surface area contributed by atoms with Crippen LogP contribution in [0, 0.1) is 0 Å². The van der Waals surface area contributed by atoms with Gasteiger partial charge in [-0.3, -0.25) is 5.10 Å². The summed E-state index contributed by atoms with van der Waals surface area (Å²) in [5.74, 6) is 0.631. The van der Waals surface area contributed by atoms with Gasteiger partial charge in [0.25, 0.3) is 0 Å². The molecule has 0 saturated carbocycles. The summed E-state index contributed by atoms with van der Waals surface area (Å²) in [5, 5.41) is 18.1. The Morgan fingerprint density at radius 3 is 2.61 bits per heavy atom. The molecule has 0 bridgehead atoms. The Morgan fingerprint density at radius 2 is 1.94 bits per heavy atom. The summed E-state index contributed by atoms with van der Waals surface area (Å²) < 4.78 is 12.6. The number of allylic oxidation sites excluding steroid dienone is 1. The number of carboxylic acid groups (broad SMARTS) is 1. The lowest BCUT2D eigenvalue weighted by Gasteiger charge is -2.06. The van der Waals surface area contributed by atoms with Gasteiger partial charge in [0.2, 0.25) is 5.16 Å². The second-order valence-electron chi connectivity index (χ2n) is 7.03. The summed E-state index contributed by atoms with van der Waals surface area (Å²) in [6.07, 6.45) is 5.36. The number of methoxy groups -OCH3 is 2. The molecular weight excluding hydrogens is 440 g/mol. The summed E-state index contributed by atoms with van der Waals surface area (Å²) >= 11 is 0.974. The number of aliphatic carboxylic acids is 1. The number of carboxylic acids is 1. The Balaban J connectivity index is 1.67. The fraction of sp³-hybridized carbons (Fsp3) is 0.125. The van der Waals surface area contributed by atoms with Crippen LogP contribution in [-0.4, -0.2) is 45.0 Å². The molecule has 9 heteroatoms. The van der Waals surface area contributed by atoms with Crippen LogP contribution < -0.4 is 9.47 Å². The maximum Gasteiger partial charge on any atom is 0.342 e. The van der Waals surface area contributed by atoms with Crippen molar-refractivity contribution in [3.05, 3.63) is 71.8 Å². The fourth-order valence-corrected chi connectivity index (χ4v) is 4.12. The number of aromatic amines is 1. The Labute approximate surface area is 194 Å². The zero-order chi connectivity index (χ0) is 23.4. The molecule has 0 aliphatic rings. The molecule has 0 amide bonds. The van der Waals surface area contributed by atoms with Crippen LogP contribution in [0.5, 0.6) is 11.5 Å². The molecule has 2 aromatic heterocycles. The van der Waals surface area contributed by atoms with E-state index in [-0.39, 0.29) is 10.1 Å². The summed E-state index contributed by atoms with van der Waals surface area (Å²) in [5.41, 5.74) is 2.51. The molecular formula is C24H22N4O4S. The highest BCUT2D eigenvalue weighted by atomic mass is 32.2. The van der Waals surface area contributed by atoms with Gasteiger partial charge < -0.3 is 19.1 Å². The Kier molecular flexibility index (Phi) is 6.50. The SMILES string of the molecule is C=CCn1cc(/C=C(\Sc2n[nH]c(-c3cc(OC)cc(OC)c3)n2)C(=O)O)c2ccccc21. The number of ether oxygens (including phenoxy) is 2. The molecule has 4 rings (SSSR count). The predicted molar refractivity (Wildman–Crippen MR) is 129 cm³/mol. The Bertz CT molecular complexity index is 1330. The number of benzene rings is 2. The number of nitrogens with one attached hydrogen (secondary N) is 1. The van der Waals surface area contributed by atoms with Crippen LogP contribution in [0.3, 0.4) is 0 Å². The number of H-pyrrole nitrogens is 1. The van der Waals surface area contributed by atoms with Crippen LogP contribution >= 0.6 is 11.8 Å². The quantitative estimate of drug-likeness (QED) is 0.208. The van der Waals surface area contributed by atoms with Crippen molar-refractivity contribution >= 4 is 34.7 Å². The van der Waals surface area contributed by atoms with Crippen LogP contribution in [0.4, 0.5) is 0 Å². The van der Waals surface area contributed by atoms with Gasteiger partial charge in [-0.15, -0.1) is 11.7 Å². The van der Waals surface area contributed by atoms with Gasteiger partial charge in [0.1, 0.15) is 16.4 Å². The van der Waals surface area contributed by atoms with E-state index < -0.39 is 5.97 Å². The summed E-state index contributed by atoms with van der Waals surface area (Å²) in [4.78, 5) is 16.6. The maximum atomic E-state index is 12.0. The van der Waals surface area contributed by atoms with Gasteiger partial charge in [-0.2, -0.15) is 0 Å². The van der Waals surface area contributed by atoms with Crippen LogP contribution in [0.25, 0.3) is 28.4 Å². The minimum absolute atomic E-state index is 0.102. The van der Waals surface area contributed by atoms with Crippen LogP contribution in [0.1, 0.15) is 5.56 Å². The van der Waals surface area contributed by atoms with Gasteiger partial charge in [-0.1, -0.05) is 24.3 Å². The minimum Gasteiger partial charge on any atom is -0.497 e. The fourth-order valence-electron chi connectivity index (χ4n) is 3.42. The molecule has 0 aliphatic carbocycles. The van der Waals surface area contributed by atoms with Gasteiger partial charge in [0.15, 0.2) is 5.82 Å². The monoisotopic (exact) mass is 462 g/mol. The Morgan fingerprint density at radius 1 is 1.21 bits per heavy atom.